The summed E-state index contributed by atoms with van der Waals surface area (Å²) in [7, 11) is 2.81. The lowest BCUT2D eigenvalue weighted by Crippen LogP contribution is -2.09. The molecule has 0 amide bonds. The minimum absolute atomic E-state index is 0.232. The van der Waals surface area contributed by atoms with E-state index in [2.05, 4.69) is 5.16 Å². The summed E-state index contributed by atoms with van der Waals surface area (Å²) < 4.78 is 15.7. The number of hydrogen-bond acceptors (Lipinski definition) is 6. The van der Waals surface area contributed by atoms with Crippen molar-refractivity contribution in [2.45, 2.75) is 26.6 Å². The van der Waals surface area contributed by atoms with Crippen molar-refractivity contribution in [2.75, 3.05) is 14.2 Å². The molecule has 0 heterocycles. The van der Waals surface area contributed by atoms with Crippen LogP contribution in [0.5, 0.6) is 0 Å². The molecule has 0 aliphatic heterocycles. The first-order valence-corrected chi connectivity index (χ1v) is 8.94. The van der Waals surface area contributed by atoms with Crippen LogP contribution < -0.4 is 0 Å². The fourth-order valence-electron chi connectivity index (χ4n) is 2.47. The molecule has 0 aromatic heterocycles. The minimum atomic E-state index is -0.482. The first-order valence-electron chi connectivity index (χ1n) is 8.94. The number of nitrogens with zero attached hydrogens (tertiary/aromatic N) is 1. The van der Waals surface area contributed by atoms with E-state index >= 15 is 0 Å². The van der Waals surface area contributed by atoms with Crippen molar-refractivity contribution < 1.29 is 23.8 Å². The highest BCUT2D eigenvalue weighted by molar-refractivity contribution is 6.16. The van der Waals surface area contributed by atoms with Crippen LogP contribution in [0.2, 0.25) is 0 Å². The topological polar surface area (TPSA) is 66.3 Å². The quantitative estimate of drug-likeness (QED) is 0.161. The number of rotatable bonds is 9. The van der Waals surface area contributed by atoms with Gasteiger partial charge in [0.2, 0.25) is 5.90 Å². The average molecular weight is 383 g/mol. The standard InChI is InChI=1S/C22H25NO5/c1-4-21(23-28-14-17-10-6-5-7-11-17)27-15-18-12-8-9-13-19(18)20(16-25-2)22(24)26-3/h5-13,16H,4,14-15H2,1-3H3. The Morgan fingerprint density at radius 1 is 1.00 bits per heavy atom. The van der Waals surface area contributed by atoms with Crippen LogP contribution in [-0.2, 0) is 37.1 Å². The van der Waals surface area contributed by atoms with Gasteiger partial charge in [0, 0.05) is 6.42 Å². The van der Waals surface area contributed by atoms with Crippen LogP contribution in [0.4, 0.5) is 0 Å². The lowest BCUT2D eigenvalue weighted by Gasteiger charge is -2.13. The van der Waals surface area contributed by atoms with E-state index in [0.29, 0.717) is 30.1 Å². The third kappa shape index (κ3) is 6.16. The Balaban J connectivity index is 2.07. The predicted octanol–water partition coefficient (Wildman–Crippen LogP) is 4.30. The molecule has 0 atom stereocenters. The molecule has 6 nitrogen and oxygen atoms in total. The monoisotopic (exact) mass is 383 g/mol. The van der Waals surface area contributed by atoms with Gasteiger partial charge in [0.05, 0.1) is 20.5 Å². The van der Waals surface area contributed by atoms with Crippen molar-refractivity contribution in [3.63, 3.8) is 0 Å². The van der Waals surface area contributed by atoms with Gasteiger partial charge in [0.25, 0.3) is 0 Å². The van der Waals surface area contributed by atoms with Crippen LogP contribution in [0.3, 0.4) is 0 Å². The van der Waals surface area contributed by atoms with Gasteiger partial charge in [-0.3, -0.25) is 0 Å². The van der Waals surface area contributed by atoms with Gasteiger partial charge >= 0.3 is 5.97 Å². The maximum atomic E-state index is 12.1. The average Bonchev–Trinajstić information content (AvgIpc) is 2.75. The molecule has 0 aliphatic rings. The number of benzene rings is 2. The first-order chi connectivity index (χ1) is 13.7. The zero-order valence-electron chi connectivity index (χ0n) is 16.4. The van der Waals surface area contributed by atoms with E-state index in [1.54, 1.807) is 0 Å². The van der Waals surface area contributed by atoms with Crippen molar-refractivity contribution in [1.82, 2.24) is 0 Å². The van der Waals surface area contributed by atoms with Crippen LogP contribution in [0.1, 0.15) is 30.0 Å². The van der Waals surface area contributed by atoms with Crippen LogP contribution in [0.15, 0.2) is 66.0 Å². The molecule has 0 spiro atoms. The van der Waals surface area contributed by atoms with Gasteiger partial charge in [0.1, 0.15) is 18.8 Å². The zero-order valence-corrected chi connectivity index (χ0v) is 16.4. The SMILES string of the molecule is CCC(=NOCc1ccccc1)OCc1ccccc1C(=COC)C(=O)OC. The second kappa shape index (κ2) is 11.4. The third-order valence-corrected chi connectivity index (χ3v) is 3.89. The number of carbonyl (C=O) groups is 1. The summed E-state index contributed by atoms with van der Waals surface area (Å²) in [6.45, 7) is 2.53. The van der Waals surface area contributed by atoms with Crippen molar-refractivity contribution in [3.8, 4) is 0 Å². The van der Waals surface area contributed by atoms with Gasteiger partial charge in [0.15, 0.2) is 0 Å². The molecule has 0 unspecified atom stereocenters. The summed E-state index contributed by atoms with van der Waals surface area (Å²) in [6.07, 6.45) is 1.94. The van der Waals surface area contributed by atoms with Crippen molar-refractivity contribution in [1.29, 1.82) is 0 Å². The van der Waals surface area contributed by atoms with Crippen molar-refractivity contribution >= 4 is 17.4 Å². The van der Waals surface area contributed by atoms with E-state index in [0.717, 1.165) is 11.1 Å². The molecule has 0 saturated carbocycles. The molecule has 6 heteroatoms. The van der Waals surface area contributed by atoms with E-state index in [9.17, 15) is 4.79 Å². The van der Waals surface area contributed by atoms with Crippen molar-refractivity contribution in [2.24, 2.45) is 5.16 Å². The summed E-state index contributed by atoms with van der Waals surface area (Å²) >= 11 is 0. The Hall–Kier alpha value is -3.28. The largest absolute Gasteiger partial charge is 0.503 e. The lowest BCUT2D eigenvalue weighted by atomic mass is 10.0. The van der Waals surface area contributed by atoms with Gasteiger partial charge in [-0.25, -0.2) is 4.79 Å². The number of hydrogen-bond donors (Lipinski definition) is 0. The fourth-order valence-corrected chi connectivity index (χ4v) is 2.47. The highest BCUT2D eigenvalue weighted by Gasteiger charge is 2.17. The van der Waals surface area contributed by atoms with E-state index in [1.165, 1.54) is 20.5 Å². The maximum Gasteiger partial charge on any atom is 0.341 e. The normalized spacial score (nSPS) is 11.7. The lowest BCUT2D eigenvalue weighted by molar-refractivity contribution is -0.133. The molecular formula is C22H25NO5. The third-order valence-electron chi connectivity index (χ3n) is 3.89. The molecule has 2 aromatic rings. The number of methoxy groups -OCH3 is 2. The molecule has 0 saturated heterocycles. The summed E-state index contributed by atoms with van der Waals surface area (Å²) in [5, 5.41) is 4.08. The number of carbonyl (C=O) groups excluding carboxylic acids is 1. The number of ether oxygens (including phenoxy) is 3. The molecule has 2 aromatic carbocycles. The Morgan fingerprint density at radius 2 is 1.71 bits per heavy atom. The maximum absolute atomic E-state index is 12.1. The number of esters is 1. The van der Waals surface area contributed by atoms with Crippen LogP contribution in [0, 0.1) is 0 Å². The van der Waals surface area contributed by atoms with E-state index in [1.807, 2.05) is 61.5 Å². The van der Waals surface area contributed by atoms with Gasteiger partial charge in [-0.1, -0.05) is 66.7 Å². The van der Waals surface area contributed by atoms with E-state index in [-0.39, 0.29) is 6.61 Å². The summed E-state index contributed by atoms with van der Waals surface area (Å²) in [6, 6.07) is 17.2. The summed E-state index contributed by atoms with van der Waals surface area (Å²) in [5.41, 5.74) is 2.83. The molecule has 2 rings (SSSR count). The summed E-state index contributed by atoms with van der Waals surface area (Å²) in [5.74, 6) is -0.00838. The Kier molecular flexibility index (Phi) is 8.59. The van der Waals surface area contributed by atoms with Gasteiger partial charge in [-0.2, -0.15) is 0 Å². The van der Waals surface area contributed by atoms with Crippen LogP contribution in [-0.4, -0.2) is 26.1 Å². The fraction of sp³-hybridized carbons (Fsp3) is 0.273. The van der Waals surface area contributed by atoms with Gasteiger partial charge in [-0.15, -0.1) is 0 Å². The van der Waals surface area contributed by atoms with E-state index < -0.39 is 5.97 Å². The Morgan fingerprint density at radius 3 is 2.39 bits per heavy atom. The first kappa shape index (κ1) is 21.0. The minimum Gasteiger partial charge on any atom is -0.503 e. The predicted molar refractivity (Wildman–Crippen MR) is 107 cm³/mol. The van der Waals surface area contributed by atoms with Crippen LogP contribution >= 0.6 is 0 Å². The van der Waals surface area contributed by atoms with Crippen LogP contribution in [0.25, 0.3) is 5.57 Å². The molecule has 0 bridgehead atoms. The molecule has 0 fully saturated rings. The highest BCUT2D eigenvalue weighted by atomic mass is 16.6. The molecule has 148 valence electrons. The second-order valence-electron chi connectivity index (χ2n) is 5.80. The Bertz CT molecular complexity index is 815. The highest BCUT2D eigenvalue weighted by Crippen LogP contribution is 2.22. The van der Waals surface area contributed by atoms with E-state index in [4.69, 9.17) is 19.0 Å². The smallest absolute Gasteiger partial charge is 0.341 e. The number of oxime groups is 1. The van der Waals surface area contributed by atoms with Gasteiger partial charge < -0.3 is 19.0 Å². The molecule has 28 heavy (non-hydrogen) atoms. The van der Waals surface area contributed by atoms with Gasteiger partial charge in [-0.05, 0) is 16.7 Å². The zero-order chi connectivity index (χ0) is 20.2. The molecule has 0 radical (unpaired) electrons. The molecule has 0 aliphatic carbocycles. The molecular weight excluding hydrogens is 358 g/mol. The second-order valence-corrected chi connectivity index (χ2v) is 5.80. The Labute approximate surface area is 165 Å². The molecule has 0 N–H and O–H groups in total. The van der Waals surface area contributed by atoms with Crippen molar-refractivity contribution in [3.05, 3.63) is 77.5 Å². The summed E-state index contributed by atoms with van der Waals surface area (Å²) in [4.78, 5) is 17.5.